The van der Waals surface area contributed by atoms with E-state index in [0.717, 1.165) is 32.1 Å². The van der Waals surface area contributed by atoms with Gasteiger partial charge in [0.15, 0.2) is 6.10 Å². The van der Waals surface area contributed by atoms with Crippen LogP contribution in [-0.2, 0) is 37.5 Å². The van der Waals surface area contributed by atoms with Crippen LogP contribution in [0.5, 0.6) is 0 Å². The van der Waals surface area contributed by atoms with Crippen molar-refractivity contribution in [3.05, 3.63) is 12.2 Å². The molecule has 0 bridgehead atoms. The van der Waals surface area contributed by atoms with Crippen LogP contribution < -0.4 is 5.73 Å². The van der Waals surface area contributed by atoms with Crippen molar-refractivity contribution >= 4 is 25.7 Å². The number of hydrogen-bond donors (Lipinski definition) is 3. The van der Waals surface area contributed by atoms with E-state index in [4.69, 9.17) is 24.8 Å². The lowest BCUT2D eigenvalue weighted by molar-refractivity contribution is -0.161. The van der Waals surface area contributed by atoms with Gasteiger partial charge in [0.1, 0.15) is 12.6 Å². The van der Waals surface area contributed by atoms with Crippen molar-refractivity contribution in [1.29, 1.82) is 0 Å². The number of carboxylic acids is 1. The predicted molar refractivity (Wildman–Crippen MR) is 226 cm³/mol. The van der Waals surface area contributed by atoms with Crippen LogP contribution in [0.3, 0.4) is 0 Å². The standard InChI is InChI=1S/C44H84NO10P/c1-3-5-7-9-11-13-15-17-19-20-22-23-25-27-29-31-33-35-42(46)52-37-40(38-53-56(50,51)54-39-41(45)44(48)49)55-43(47)36-34-32-30-28-26-24-21-18-16-14-12-10-8-6-4-2/h30,32,40-41H,3-29,31,33-39,45H2,1-2H3,(H,48,49)(H,50,51)/b32-30+/t40-,41+/m1/s1. The number of carboxylic acid groups (broad SMARTS) is 1. The summed E-state index contributed by atoms with van der Waals surface area (Å²) in [4.78, 5) is 45.9. The first kappa shape index (κ1) is 54.2. The van der Waals surface area contributed by atoms with Crippen LogP contribution in [0.1, 0.15) is 219 Å². The summed E-state index contributed by atoms with van der Waals surface area (Å²) < 4.78 is 32.7. The normalized spacial score (nSPS) is 13.8. The first-order chi connectivity index (χ1) is 27.1. The molecule has 0 aliphatic rings. The van der Waals surface area contributed by atoms with Crippen molar-refractivity contribution in [2.24, 2.45) is 5.73 Å². The Morgan fingerprint density at radius 3 is 1.38 bits per heavy atom. The van der Waals surface area contributed by atoms with Crippen molar-refractivity contribution in [2.75, 3.05) is 19.8 Å². The lowest BCUT2D eigenvalue weighted by Crippen LogP contribution is -2.34. The van der Waals surface area contributed by atoms with Gasteiger partial charge >= 0.3 is 25.7 Å². The van der Waals surface area contributed by atoms with Gasteiger partial charge < -0.3 is 25.2 Å². The molecule has 0 radical (unpaired) electrons. The lowest BCUT2D eigenvalue weighted by atomic mass is 10.0. The van der Waals surface area contributed by atoms with Crippen LogP contribution in [0, 0.1) is 0 Å². The average molecular weight is 818 g/mol. The van der Waals surface area contributed by atoms with E-state index in [2.05, 4.69) is 24.4 Å². The summed E-state index contributed by atoms with van der Waals surface area (Å²) in [6.07, 6.45) is 40.0. The summed E-state index contributed by atoms with van der Waals surface area (Å²) in [6, 6.07) is -1.52. The second-order valence-electron chi connectivity index (χ2n) is 15.5. The Hall–Kier alpha value is -1.78. The largest absolute Gasteiger partial charge is 0.480 e. The fourth-order valence-electron chi connectivity index (χ4n) is 6.44. The van der Waals surface area contributed by atoms with Crippen LogP contribution in [-0.4, -0.2) is 59.9 Å². The SMILES string of the molecule is CCCCCCCCCCCCC/C=C/CCC(=O)O[C@H](COC(=O)CCCCCCCCCCCCCCCCCCC)COP(=O)(O)OC[C@H](N)C(=O)O. The number of nitrogens with two attached hydrogens (primary N) is 1. The highest BCUT2D eigenvalue weighted by molar-refractivity contribution is 7.47. The first-order valence-electron chi connectivity index (χ1n) is 22.7. The van der Waals surface area contributed by atoms with E-state index >= 15 is 0 Å². The van der Waals surface area contributed by atoms with Gasteiger partial charge in [-0.25, -0.2) is 4.57 Å². The number of esters is 2. The van der Waals surface area contributed by atoms with Crippen molar-refractivity contribution in [2.45, 2.75) is 231 Å². The molecule has 56 heavy (non-hydrogen) atoms. The molecule has 3 atom stereocenters. The minimum atomic E-state index is -4.72. The van der Waals surface area contributed by atoms with Gasteiger partial charge in [0.25, 0.3) is 0 Å². The fourth-order valence-corrected chi connectivity index (χ4v) is 7.22. The summed E-state index contributed by atoms with van der Waals surface area (Å²) in [6.45, 7) is 2.80. The highest BCUT2D eigenvalue weighted by Crippen LogP contribution is 2.43. The van der Waals surface area contributed by atoms with Gasteiger partial charge in [-0.15, -0.1) is 0 Å². The molecule has 0 aromatic rings. The van der Waals surface area contributed by atoms with Crippen LogP contribution in [0.2, 0.25) is 0 Å². The Morgan fingerprint density at radius 2 is 0.929 bits per heavy atom. The third-order valence-electron chi connectivity index (χ3n) is 10.0. The third-order valence-corrected chi connectivity index (χ3v) is 11.0. The summed E-state index contributed by atoms with van der Waals surface area (Å²) in [5.74, 6) is -2.42. The number of aliphatic carboxylic acids is 1. The van der Waals surface area contributed by atoms with E-state index in [-0.39, 0.29) is 19.4 Å². The monoisotopic (exact) mass is 818 g/mol. The van der Waals surface area contributed by atoms with Gasteiger partial charge in [0.2, 0.25) is 0 Å². The summed E-state index contributed by atoms with van der Waals surface area (Å²) in [5, 5.41) is 8.89. The van der Waals surface area contributed by atoms with E-state index in [0.29, 0.717) is 12.8 Å². The van der Waals surface area contributed by atoms with Gasteiger partial charge in [-0.1, -0.05) is 193 Å². The van der Waals surface area contributed by atoms with E-state index in [9.17, 15) is 23.8 Å². The molecule has 0 aliphatic heterocycles. The number of carbonyl (C=O) groups excluding carboxylic acids is 2. The molecule has 0 fully saturated rings. The van der Waals surface area contributed by atoms with Crippen molar-refractivity contribution in [3.8, 4) is 0 Å². The quantitative estimate of drug-likeness (QED) is 0.0231. The Balaban J connectivity index is 4.33. The molecule has 11 nitrogen and oxygen atoms in total. The number of phosphoric ester groups is 1. The van der Waals surface area contributed by atoms with Gasteiger partial charge in [-0.05, 0) is 25.7 Å². The van der Waals surface area contributed by atoms with E-state index in [1.54, 1.807) is 0 Å². The van der Waals surface area contributed by atoms with Crippen molar-refractivity contribution in [3.63, 3.8) is 0 Å². The Bertz CT molecular complexity index is 1010. The Labute approximate surface area is 341 Å². The number of carbonyl (C=O) groups is 3. The number of phosphoric acid groups is 1. The molecule has 0 aromatic carbocycles. The van der Waals surface area contributed by atoms with Crippen molar-refractivity contribution < 1.29 is 47.5 Å². The van der Waals surface area contributed by atoms with Crippen LogP contribution in [0.15, 0.2) is 12.2 Å². The van der Waals surface area contributed by atoms with Crippen molar-refractivity contribution in [1.82, 2.24) is 0 Å². The molecule has 4 N–H and O–H groups in total. The molecular formula is C44H84NO10P. The maximum absolute atomic E-state index is 12.6. The van der Waals surface area contributed by atoms with E-state index in [1.807, 2.05) is 6.08 Å². The highest BCUT2D eigenvalue weighted by Gasteiger charge is 2.28. The number of allylic oxidation sites excluding steroid dienone is 2. The molecule has 0 saturated heterocycles. The molecule has 0 rings (SSSR count). The van der Waals surface area contributed by atoms with Crippen LogP contribution in [0.25, 0.3) is 0 Å². The molecule has 0 saturated carbocycles. The number of unbranched alkanes of at least 4 members (excludes halogenated alkanes) is 27. The maximum atomic E-state index is 12.6. The molecule has 0 amide bonds. The van der Waals surface area contributed by atoms with E-state index in [1.165, 1.54) is 148 Å². The van der Waals surface area contributed by atoms with Crippen LogP contribution in [0.4, 0.5) is 0 Å². The molecule has 1 unspecified atom stereocenters. The number of hydrogen-bond acceptors (Lipinski definition) is 9. The lowest BCUT2D eigenvalue weighted by Gasteiger charge is -2.20. The average Bonchev–Trinajstić information content (AvgIpc) is 3.17. The molecular weight excluding hydrogens is 733 g/mol. The Kier molecular flexibility index (Phi) is 38.7. The maximum Gasteiger partial charge on any atom is 0.472 e. The van der Waals surface area contributed by atoms with Crippen LogP contribution >= 0.6 is 7.82 Å². The minimum Gasteiger partial charge on any atom is -0.480 e. The van der Waals surface area contributed by atoms with Gasteiger partial charge in [0.05, 0.1) is 13.2 Å². The molecule has 330 valence electrons. The second-order valence-corrected chi connectivity index (χ2v) is 17.0. The summed E-state index contributed by atoms with van der Waals surface area (Å²) >= 11 is 0. The predicted octanol–water partition coefficient (Wildman–Crippen LogP) is 12.1. The molecule has 0 heterocycles. The van der Waals surface area contributed by atoms with Gasteiger partial charge in [0, 0.05) is 12.8 Å². The van der Waals surface area contributed by atoms with E-state index < -0.39 is 51.1 Å². The second kappa shape index (κ2) is 40.0. The summed E-state index contributed by atoms with van der Waals surface area (Å²) in [5.41, 5.74) is 5.33. The third kappa shape index (κ3) is 39.1. The molecule has 0 aromatic heterocycles. The minimum absolute atomic E-state index is 0.0825. The first-order valence-corrected chi connectivity index (χ1v) is 24.2. The molecule has 0 spiro atoms. The molecule has 0 aliphatic carbocycles. The zero-order valence-corrected chi connectivity index (χ0v) is 36.6. The topological polar surface area (TPSA) is 172 Å². The zero-order valence-electron chi connectivity index (χ0n) is 35.7. The number of ether oxygens (including phenoxy) is 2. The fraction of sp³-hybridized carbons (Fsp3) is 0.886. The smallest absolute Gasteiger partial charge is 0.472 e. The Morgan fingerprint density at radius 1 is 0.536 bits per heavy atom. The highest BCUT2D eigenvalue weighted by atomic mass is 31.2. The van der Waals surface area contributed by atoms with Gasteiger partial charge in [-0.3, -0.25) is 23.4 Å². The zero-order chi connectivity index (χ0) is 41.4. The molecule has 12 heteroatoms. The summed E-state index contributed by atoms with van der Waals surface area (Å²) in [7, 11) is -4.72. The van der Waals surface area contributed by atoms with Gasteiger partial charge in [-0.2, -0.15) is 0 Å². The number of rotatable bonds is 43.